The first-order valence-electron chi connectivity index (χ1n) is 6.83. The van der Waals surface area contributed by atoms with Crippen LogP contribution in [0, 0.1) is 0 Å². The van der Waals surface area contributed by atoms with E-state index in [2.05, 4.69) is 0 Å². The summed E-state index contributed by atoms with van der Waals surface area (Å²) in [4.78, 5) is 12.3. The summed E-state index contributed by atoms with van der Waals surface area (Å²) in [5.41, 5.74) is 1.42. The average Bonchev–Trinajstić information content (AvgIpc) is 2.54. The van der Waals surface area contributed by atoms with Gasteiger partial charge < -0.3 is 9.47 Å². The minimum absolute atomic E-state index is 0.0984. The van der Waals surface area contributed by atoms with Crippen LogP contribution in [0.25, 0.3) is 6.08 Å². The molecule has 0 spiro atoms. The van der Waals surface area contributed by atoms with E-state index in [1.54, 1.807) is 25.3 Å². The van der Waals surface area contributed by atoms with Gasteiger partial charge >= 0.3 is 0 Å². The zero-order valence-electron chi connectivity index (χ0n) is 12.2. The molecular formula is C18H18O3. The topological polar surface area (TPSA) is 35.5 Å². The molecule has 2 aromatic carbocycles. The highest BCUT2D eigenvalue weighted by Gasteiger charge is 2.08. The van der Waals surface area contributed by atoms with Crippen LogP contribution < -0.4 is 9.47 Å². The Kier molecular flexibility index (Phi) is 5.16. The highest BCUT2D eigenvalue weighted by Crippen LogP contribution is 2.21. The Morgan fingerprint density at radius 3 is 2.43 bits per heavy atom. The molecule has 0 saturated carbocycles. The van der Waals surface area contributed by atoms with E-state index in [0.29, 0.717) is 17.9 Å². The molecule has 21 heavy (non-hydrogen) atoms. The summed E-state index contributed by atoms with van der Waals surface area (Å²) in [5.74, 6) is 1.24. The minimum Gasteiger partial charge on any atom is -0.496 e. The molecule has 0 bridgehead atoms. The standard InChI is InChI=1S/C18H18O3/c1-3-21-17-10-6-4-8-14(17)12-13-16(19)15-9-5-7-11-18(15)20-2/h4-13H,3H2,1-2H3/b13-12+. The Morgan fingerprint density at radius 2 is 1.71 bits per heavy atom. The summed E-state index contributed by atoms with van der Waals surface area (Å²) in [6.45, 7) is 2.52. The van der Waals surface area contributed by atoms with Gasteiger partial charge in [-0.1, -0.05) is 30.3 Å². The van der Waals surface area contributed by atoms with E-state index in [4.69, 9.17) is 9.47 Å². The first kappa shape index (κ1) is 14.9. The molecule has 0 aliphatic rings. The molecule has 2 aromatic rings. The van der Waals surface area contributed by atoms with Gasteiger partial charge in [-0.3, -0.25) is 4.79 Å². The third-order valence-corrected chi connectivity index (χ3v) is 3.01. The van der Waals surface area contributed by atoms with Gasteiger partial charge in [0.2, 0.25) is 0 Å². The summed E-state index contributed by atoms with van der Waals surface area (Å²) < 4.78 is 10.7. The average molecular weight is 282 g/mol. The zero-order chi connectivity index (χ0) is 15.1. The first-order chi connectivity index (χ1) is 10.3. The van der Waals surface area contributed by atoms with Gasteiger partial charge in [0.05, 0.1) is 19.3 Å². The number of ketones is 1. The largest absolute Gasteiger partial charge is 0.496 e. The molecule has 108 valence electrons. The number of hydrogen-bond acceptors (Lipinski definition) is 3. The van der Waals surface area contributed by atoms with Crippen LogP contribution in [0.4, 0.5) is 0 Å². The van der Waals surface area contributed by atoms with E-state index in [0.717, 1.165) is 11.3 Å². The molecule has 0 heterocycles. The van der Waals surface area contributed by atoms with Crippen molar-refractivity contribution in [2.75, 3.05) is 13.7 Å². The quantitative estimate of drug-likeness (QED) is 0.593. The number of allylic oxidation sites excluding steroid dienone is 1. The summed E-state index contributed by atoms with van der Waals surface area (Å²) in [6.07, 6.45) is 3.30. The molecule has 0 aromatic heterocycles. The third-order valence-electron chi connectivity index (χ3n) is 3.01. The van der Waals surface area contributed by atoms with Crippen LogP contribution in [0.5, 0.6) is 11.5 Å². The monoisotopic (exact) mass is 282 g/mol. The number of carbonyl (C=O) groups is 1. The number of carbonyl (C=O) groups excluding carboxylic acids is 1. The van der Waals surface area contributed by atoms with Crippen molar-refractivity contribution in [3.8, 4) is 11.5 Å². The SMILES string of the molecule is CCOc1ccccc1/C=C/C(=O)c1ccccc1OC. The van der Waals surface area contributed by atoms with Crippen molar-refractivity contribution in [1.29, 1.82) is 0 Å². The van der Waals surface area contributed by atoms with Gasteiger partial charge in [0, 0.05) is 5.56 Å². The lowest BCUT2D eigenvalue weighted by Gasteiger charge is -2.07. The fraction of sp³-hybridized carbons (Fsp3) is 0.167. The second-order valence-corrected chi connectivity index (χ2v) is 4.37. The van der Waals surface area contributed by atoms with Gasteiger partial charge in [-0.15, -0.1) is 0 Å². The molecule has 0 unspecified atom stereocenters. The third kappa shape index (κ3) is 3.72. The van der Waals surface area contributed by atoms with E-state index in [9.17, 15) is 4.79 Å². The Morgan fingerprint density at radius 1 is 1.05 bits per heavy atom. The van der Waals surface area contributed by atoms with E-state index in [1.807, 2.05) is 43.3 Å². The van der Waals surface area contributed by atoms with Crippen LogP contribution >= 0.6 is 0 Å². The van der Waals surface area contributed by atoms with Crippen molar-refractivity contribution >= 4 is 11.9 Å². The lowest BCUT2D eigenvalue weighted by molar-refractivity contribution is 0.104. The molecule has 0 saturated heterocycles. The maximum atomic E-state index is 12.3. The predicted molar refractivity (Wildman–Crippen MR) is 84.0 cm³/mol. The number of hydrogen-bond donors (Lipinski definition) is 0. The maximum absolute atomic E-state index is 12.3. The highest BCUT2D eigenvalue weighted by molar-refractivity contribution is 6.08. The second kappa shape index (κ2) is 7.29. The summed E-state index contributed by atoms with van der Waals surface area (Å²) in [6, 6.07) is 14.8. The molecule has 0 fully saturated rings. The van der Waals surface area contributed by atoms with E-state index in [-0.39, 0.29) is 5.78 Å². The lowest BCUT2D eigenvalue weighted by atomic mass is 10.1. The van der Waals surface area contributed by atoms with Crippen LogP contribution in [0.3, 0.4) is 0 Å². The number of rotatable bonds is 6. The molecule has 0 radical (unpaired) electrons. The molecule has 0 atom stereocenters. The Balaban J connectivity index is 2.23. The van der Waals surface area contributed by atoms with Crippen LogP contribution in [0.2, 0.25) is 0 Å². The van der Waals surface area contributed by atoms with Crippen LogP contribution in [-0.4, -0.2) is 19.5 Å². The van der Waals surface area contributed by atoms with E-state index in [1.165, 1.54) is 6.08 Å². The maximum Gasteiger partial charge on any atom is 0.189 e. The Bertz CT molecular complexity index is 644. The molecule has 0 N–H and O–H groups in total. The predicted octanol–water partition coefficient (Wildman–Crippen LogP) is 3.99. The van der Waals surface area contributed by atoms with Crippen LogP contribution in [0.15, 0.2) is 54.6 Å². The van der Waals surface area contributed by atoms with Crippen molar-refractivity contribution in [2.45, 2.75) is 6.92 Å². The fourth-order valence-electron chi connectivity index (χ4n) is 2.01. The number of methoxy groups -OCH3 is 1. The normalized spacial score (nSPS) is 10.6. The Hall–Kier alpha value is -2.55. The highest BCUT2D eigenvalue weighted by atomic mass is 16.5. The van der Waals surface area contributed by atoms with Gasteiger partial charge in [0.15, 0.2) is 5.78 Å². The summed E-state index contributed by atoms with van der Waals surface area (Å²) >= 11 is 0. The number of ether oxygens (including phenoxy) is 2. The molecular weight excluding hydrogens is 264 g/mol. The fourth-order valence-corrected chi connectivity index (χ4v) is 2.01. The van der Waals surface area contributed by atoms with Gasteiger partial charge in [0.25, 0.3) is 0 Å². The lowest BCUT2D eigenvalue weighted by Crippen LogP contribution is -1.98. The molecule has 3 heteroatoms. The van der Waals surface area contributed by atoms with Crippen molar-refractivity contribution in [2.24, 2.45) is 0 Å². The van der Waals surface area contributed by atoms with Gasteiger partial charge in [0.1, 0.15) is 11.5 Å². The zero-order valence-corrected chi connectivity index (χ0v) is 12.2. The molecule has 0 amide bonds. The van der Waals surface area contributed by atoms with Crippen molar-refractivity contribution in [3.63, 3.8) is 0 Å². The molecule has 0 aliphatic heterocycles. The van der Waals surface area contributed by atoms with Gasteiger partial charge in [-0.05, 0) is 37.3 Å². The van der Waals surface area contributed by atoms with Crippen molar-refractivity contribution in [3.05, 3.63) is 65.7 Å². The number of benzene rings is 2. The summed E-state index contributed by atoms with van der Waals surface area (Å²) in [5, 5.41) is 0. The van der Waals surface area contributed by atoms with Crippen molar-refractivity contribution in [1.82, 2.24) is 0 Å². The summed E-state index contributed by atoms with van der Waals surface area (Å²) in [7, 11) is 1.56. The van der Waals surface area contributed by atoms with Gasteiger partial charge in [-0.2, -0.15) is 0 Å². The minimum atomic E-state index is -0.0984. The first-order valence-corrected chi connectivity index (χ1v) is 6.83. The van der Waals surface area contributed by atoms with E-state index >= 15 is 0 Å². The second-order valence-electron chi connectivity index (χ2n) is 4.37. The van der Waals surface area contributed by atoms with Crippen molar-refractivity contribution < 1.29 is 14.3 Å². The van der Waals surface area contributed by atoms with Crippen LogP contribution in [-0.2, 0) is 0 Å². The smallest absolute Gasteiger partial charge is 0.189 e. The molecule has 3 nitrogen and oxygen atoms in total. The van der Waals surface area contributed by atoms with Gasteiger partial charge in [-0.25, -0.2) is 0 Å². The van der Waals surface area contributed by atoms with E-state index < -0.39 is 0 Å². The molecule has 2 rings (SSSR count). The Labute approximate surface area is 124 Å². The molecule has 0 aliphatic carbocycles. The number of para-hydroxylation sites is 2. The van der Waals surface area contributed by atoms with Crippen LogP contribution in [0.1, 0.15) is 22.8 Å².